The first-order valence-electron chi connectivity index (χ1n) is 10.9. The van der Waals surface area contributed by atoms with Gasteiger partial charge in [0.25, 0.3) is 5.69 Å². The highest BCUT2D eigenvalue weighted by atomic mass is 16.6. The van der Waals surface area contributed by atoms with E-state index < -0.39 is 16.9 Å². The van der Waals surface area contributed by atoms with Crippen molar-refractivity contribution in [3.05, 3.63) is 88.0 Å². The molecule has 3 aromatic rings. The van der Waals surface area contributed by atoms with Crippen LogP contribution in [0.15, 0.2) is 66.7 Å². The summed E-state index contributed by atoms with van der Waals surface area (Å²) in [5.41, 5.74) is 0.328. The van der Waals surface area contributed by atoms with Crippen molar-refractivity contribution >= 4 is 17.6 Å². The molecule has 0 heterocycles. The highest BCUT2D eigenvalue weighted by Crippen LogP contribution is 2.27. The highest BCUT2D eigenvalue weighted by molar-refractivity contribution is 5.94. The van der Waals surface area contributed by atoms with Crippen molar-refractivity contribution in [1.82, 2.24) is 0 Å². The van der Waals surface area contributed by atoms with E-state index in [-0.39, 0.29) is 28.3 Å². The molecule has 0 radical (unpaired) electrons. The monoisotopic (exact) mass is 479 g/mol. The van der Waals surface area contributed by atoms with Crippen LogP contribution in [-0.2, 0) is 0 Å². The zero-order valence-electron chi connectivity index (χ0n) is 19.6. The first-order chi connectivity index (χ1) is 16.8. The third-order valence-corrected chi connectivity index (χ3v) is 5.18. The fourth-order valence-electron chi connectivity index (χ4n) is 2.91. The maximum Gasteiger partial charge on any atom is 0.347 e. The van der Waals surface area contributed by atoms with Gasteiger partial charge in [-0.3, -0.25) is 10.1 Å². The number of carbonyl (C=O) groups excluding carboxylic acids is 2. The summed E-state index contributed by atoms with van der Waals surface area (Å²) in [5, 5.41) is 10.7. The molecule has 0 bridgehead atoms. The second kappa shape index (κ2) is 11.6. The van der Waals surface area contributed by atoms with Crippen molar-refractivity contribution in [2.45, 2.75) is 20.3 Å². The van der Waals surface area contributed by atoms with Crippen molar-refractivity contribution in [2.24, 2.45) is 5.92 Å². The van der Waals surface area contributed by atoms with Crippen molar-refractivity contribution < 1.29 is 33.5 Å². The van der Waals surface area contributed by atoms with Crippen LogP contribution in [0.2, 0.25) is 0 Å². The van der Waals surface area contributed by atoms with Gasteiger partial charge < -0.3 is 18.9 Å². The van der Waals surface area contributed by atoms with E-state index in [0.717, 1.165) is 6.42 Å². The van der Waals surface area contributed by atoms with Gasteiger partial charge in [-0.05, 0) is 54.4 Å². The number of esters is 2. The summed E-state index contributed by atoms with van der Waals surface area (Å²) in [7, 11) is 1.45. The molecule has 0 aliphatic rings. The summed E-state index contributed by atoms with van der Waals surface area (Å²) in [6, 6.07) is 15.8. The van der Waals surface area contributed by atoms with Gasteiger partial charge in [0.05, 0.1) is 24.2 Å². The minimum atomic E-state index is -0.661. The molecule has 0 saturated carbocycles. The number of hydrogen-bond acceptors (Lipinski definition) is 8. The number of nitro benzene ring substituents is 1. The van der Waals surface area contributed by atoms with Crippen LogP contribution in [0.5, 0.6) is 23.0 Å². The van der Waals surface area contributed by atoms with Gasteiger partial charge in [0, 0.05) is 18.2 Å². The fourth-order valence-corrected chi connectivity index (χ4v) is 2.91. The third kappa shape index (κ3) is 6.80. The number of ether oxygens (including phenoxy) is 4. The molecule has 1 atom stereocenters. The van der Waals surface area contributed by atoms with Crippen LogP contribution in [0.1, 0.15) is 41.0 Å². The molecule has 9 nitrogen and oxygen atoms in total. The van der Waals surface area contributed by atoms with Gasteiger partial charge in [0.1, 0.15) is 28.6 Å². The molecule has 0 saturated heterocycles. The minimum absolute atomic E-state index is 0.110. The van der Waals surface area contributed by atoms with Crippen LogP contribution < -0.4 is 18.9 Å². The second-order valence-electron chi connectivity index (χ2n) is 7.74. The molecule has 0 unspecified atom stereocenters. The smallest absolute Gasteiger partial charge is 0.347 e. The van der Waals surface area contributed by atoms with E-state index in [4.69, 9.17) is 18.9 Å². The molecule has 0 aliphatic heterocycles. The lowest BCUT2D eigenvalue weighted by molar-refractivity contribution is -0.384. The van der Waals surface area contributed by atoms with Crippen molar-refractivity contribution in [2.75, 3.05) is 13.7 Å². The van der Waals surface area contributed by atoms with E-state index in [1.54, 1.807) is 18.2 Å². The van der Waals surface area contributed by atoms with Crippen molar-refractivity contribution in [3.63, 3.8) is 0 Å². The number of non-ortho nitro benzene ring substituents is 1. The second-order valence-corrected chi connectivity index (χ2v) is 7.74. The van der Waals surface area contributed by atoms with E-state index in [1.165, 1.54) is 55.6 Å². The van der Waals surface area contributed by atoms with E-state index in [1.807, 2.05) is 0 Å². The molecule has 0 N–H and O–H groups in total. The standard InChI is InChI=1S/C26H25NO8/c1-4-17(2)16-33-22-13-14-23(24(15-22)32-3)26(29)35-20-9-5-18(6-10-20)25(28)34-21-11-7-19(8-12-21)27(30)31/h5-15,17H,4,16H2,1-3H3/t17-/m0/s1. The Balaban J connectivity index is 1.63. The number of benzene rings is 3. The summed E-state index contributed by atoms with van der Waals surface area (Å²) in [6.45, 7) is 4.73. The molecule has 9 heteroatoms. The SMILES string of the molecule is CC[C@H](C)COc1ccc(C(=O)Oc2ccc(C(=O)Oc3ccc([N+](=O)[O-])cc3)cc2)c(OC)c1. The fraction of sp³-hybridized carbons (Fsp3) is 0.231. The van der Waals surface area contributed by atoms with Gasteiger partial charge in [-0.2, -0.15) is 0 Å². The van der Waals surface area contributed by atoms with Gasteiger partial charge in [0.2, 0.25) is 0 Å². The quantitative estimate of drug-likeness (QED) is 0.163. The van der Waals surface area contributed by atoms with Crippen LogP contribution in [0.4, 0.5) is 5.69 Å². The average molecular weight is 479 g/mol. The minimum Gasteiger partial charge on any atom is -0.496 e. The van der Waals surface area contributed by atoms with Crippen LogP contribution in [0, 0.1) is 16.0 Å². The molecular weight excluding hydrogens is 454 g/mol. The molecule has 0 fully saturated rings. The normalized spacial score (nSPS) is 11.3. The van der Waals surface area contributed by atoms with Gasteiger partial charge in [-0.25, -0.2) is 9.59 Å². The lowest BCUT2D eigenvalue weighted by Crippen LogP contribution is -2.12. The first kappa shape index (κ1) is 25.2. The maximum absolute atomic E-state index is 12.7. The number of nitrogens with zero attached hydrogens (tertiary/aromatic N) is 1. The Labute approximate surface area is 202 Å². The first-order valence-corrected chi connectivity index (χ1v) is 10.9. The van der Waals surface area contributed by atoms with Gasteiger partial charge in [0.15, 0.2) is 0 Å². The van der Waals surface area contributed by atoms with E-state index in [9.17, 15) is 19.7 Å². The summed E-state index contributed by atoms with van der Waals surface area (Å²) >= 11 is 0. The predicted molar refractivity (Wildman–Crippen MR) is 127 cm³/mol. The van der Waals surface area contributed by atoms with Crippen LogP contribution in [-0.4, -0.2) is 30.6 Å². The Morgan fingerprint density at radius 3 is 2.03 bits per heavy atom. The van der Waals surface area contributed by atoms with Gasteiger partial charge >= 0.3 is 11.9 Å². The van der Waals surface area contributed by atoms with Crippen LogP contribution in [0.25, 0.3) is 0 Å². The third-order valence-electron chi connectivity index (χ3n) is 5.18. The Bertz CT molecular complexity index is 1190. The molecule has 0 aliphatic carbocycles. The Hall–Kier alpha value is -4.40. The maximum atomic E-state index is 12.7. The molecule has 35 heavy (non-hydrogen) atoms. The zero-order valence-corrected chi connectivity index (χ0v) is 19.6. The lowest BCUT2D eigenvalue weighted by Gasteiger charge is -2.13. The number of methoxy groups -OCH3 is 1. The topological polar surface area (TPSA) is 114 Å². The zero-order chi connectivity index (χ0) is 25.4. The summed E-state index contributed by atoms with van der Waals surface area (Å²) < 4.78 is 21.7. The predicted octanol–water partition coefficient (Wildman–Crippen LogP) is 5.47. The highest BCUT2D eigenvalue weighted by Gasteiger charge is 2.17. The summed E-state index contributed by atoms with van der Waals surface area (Å²) in [6.07, 6.45) is 0.995. The van der Waals surface area contributed by atoms with Crippen LogP contribution >= 0.6 is 0 Å². The molecule has 3 rings (SSSR count). The van der Waals surface area contributed by atoms with E-state index in [0.29, 0.717) is 24.0 Å². The number of rotatable bonds is 10. The summed E-state index contributed by atoms with van der Waals surface area (Å²) in [4.78, 5) is 35.2. The molecule has 0 amide bonds. The molecular formula is C26H25NO8. The van der Waals surface area contributed by atoms with Crippen molar-refractivity contribution in [3.8, 4) is 23.0 Å². The molecule has 0 aromatic heterocycles. The molecule has 3 aromatic carbocycles. The van der Waals surface area contributed by atoms with Gasteiger partial charge in [-0.1, -0.05) is 20.3 Å². The van der Waals surface area contributed by atoms with E-state index in [2.05, 4.69) is 13.8 Å². The Morgan fingerprint density at radius 1 is 0.886 bits per heavy atom. The van der Waals surface area contributed by atoms with Crippen molar-refractivity contribution in [1.29, 1.82) is 0 Å². The van der Waals surface area contributed by atoms with E-state index >= 15 is 0 Å². The largest absolute Gasteiger partial charge is 0.496 e. The average Bonchev–Trinajstić information content (AvgIpc) is 2.87. The molecule has 182 valence electrons. The molecule has 0 spiro atoms. The Morgan fingerprint density at radius 2 is 1.46 bits per heavy atom. The number of nitro groups is 1. The number of carbonyl (C=O) groups is 2. The Kier molecular flexibility index (Phi) is 8.39. The lowest BCUT2D eigenvalue weighted by atomic mass is 10.1. The van der Waals surface area contributed by atoms with Gasteiger partial charge in [-0.15, -0.1) is 0 Å². The number of hydrogen-bond donors (Lipinski definition) is 0. The summed E-state index contributed by atoms with van der Waals surface area (Å²) in [5.74, 6) is 0.415. The van der Waals surface area contributed by atoms with Crippen LogP contribution in [0.3, 0.4) is 0 Å².